The normalized spacial score (nSPS) is 30.7. The molecule has 22 heavy (non-hydrogen) atoms. The Kier molecular flexibility index (Phi) is 5.13. The zero-order valence-corrected chi connectivity index (χ0v) is 14.0. The van der Waals surface area contributed by atoms with E-state index in [1.807, 2.05) is 12.1 Å². The molecule has 0 N–H and O–H groups in total. The molecule has 4 atom stereocenters. The number of rotatable bonds is 2. The van der Waals surface area contributed by atoms with E-state index < -0.39 is 0 Å². The molecule has 0 unspecified atom stereocenters. The van der Waals surface area contributed by atoms with Crippen molar-refractivity contribution in [3.63, 3.8) is 0 Å². The van der Waals surface area contributed by atoms with Gasteiger partial charge in [0.25, 0.3) is 0 Å². The van der Waals surface area contributed by atoms with Gasteiger partial charge in [0.2, 0.25) is 0 Å². The SMILES string of the molecule is COC(=O)[C@@H]1[C@H]2CC[C@@H](C[C@H]1c1ccc(F)c(C)c1)N2C.Cl. The van der Waals surface area contributed by atoms with Gasteiger partial charge in [-0.1, -0.05) is 12.1 Å². The van der Waals surface area contributed by atoms with Gasteiger partial charge in [-0.05, 0) is 50.4 Å². The van der Waals surface area contributed by atoms with Crippen LogP contribution < -0.4 is 0 Å². The molecule has 3 nitrogen and oxygen atoms in total. The highest BCUT2D eigenvalue weighted by atomic mass is 35.5. The predicted molar refractivity (Wildman–Crippen MR) is 85.8 cm³/mol. The molecule has 1 aromatic rings. The highest BCUT2D eigenvalue weighted by molar-refractivity contribution is 5.85. The first kappa shape index (κ1) is 17.2. The van der Waals surface area contributed by atoms with Gasteiger partial charge < -0.3 is 4.74 Å². The van der Waals surface area contributed by atoms with Crippen molar-refractivity contribution in [3.05, 3.63) is 35.1 Å². The minimum Gasteiger partial charge on any atom is -0.469 e. The van der Waals surface area contributed by atoms with E-state index in [1.165, 1.54) is 13.2 Å². The largest absolute Gasteiger partial charge is 0.469 e. The number of carbonyl (C=O) groups is 1. The fourth-order valence-corrected chi connectivity index (χ4v) is 4.17. The van der Waals surface area contributed by atoms with Crippen LogP contribution >= 0.6 is 12.4 Å². The Bertz CT molecular complexity index is 566. The van der Waals surface area contributed by atoms with Crippen LogP contribution in [0.15, 0.2) is 18.2 Å². The molecule has 0 radical (unpaired) electrons. The number of aryl methyl sites for hydroxylation is 1. The second kappa shape index (κ2) is 6.55. The van der Waals surface area contributed by atoms with Crippen LogP contribution in [0.2, 0.25) is 0 Å². The fourth-order valence-electron chi connectivity index (χ4n) is 4.17. The second-order valence-corrected chi connectivity index (χ2v) is 6.36. The third kappa shape index (κ3) is 2.74. The third-order valence-corrected chi connectivity index (χ3v) is 5.35. The first-order valence-electron chi connectivity index (χ1n) is 7.58. The van der Waals surface area contributed by atoms with Gasteiger partial charge in [0, 0.05) is 18.0 Å². The molecular formula is C17H23ClFNO2. The van der Waals surface area contributed by atoms with E-state index in [4.69, 9.17) is 4.74 Å². The first-order valence-corrected chi connectivity index (χ1v) is 7.58. The van der Waals surface area contributed by atoms with Crippen molar-refractivity contribution in [3.8, 4) is 0 Å². The molecule has 3 rings (SSSR count). The molecule has 1 aromatic carbocycles. The van der Waals surface area contributed by atoms with Gasteiger partial charge >= 0.3 is 5.97 Å². The number of carbonyl (C=O) groups excluding carboxylic acids is 1. The maximum absolute atomic E-state index is 13.5. The molecule has 2 bridgehead atoms. The van der Waals surface area contributed by atoms with E-state index in [-0.39, 0.29) is 42.1 Å². The Balaban J connectivity index is 0.00000176. The van der Waals surface area contributed by atoms with Gasteiger partial charge in [0.15, 0.2) is 0 Å². The van der Waals surface area contributed by atoms with Crippen molar-refractivity contribution >= 4 is 18.4 Å². The maximum Gasteiger partial charge on any atom is 0.310 e. The summed E-state index contributed by atoms with van der Waals surface area (Å²) >= 11 is 0. The van der Waals surface area contributed by atoms with Crippen molar-refractivity contribution in [2.24, 2.45) is 5.92 Å². The molecule has 5 heteroatoms. The molecule has 2 fully saturated rings. The summed E-state index contributed by atoms with van der Waals surface area (Å²) < 4.78 is 18.6. The van der Waals surface area contributed by atoms with Gasteiger partial charge in [-0.15, -0.1) is 12.4 Å². The summed E-state index contributed by atoms with van der Waals surface area (Å²) in [6.07, 6.45) is 3.11. The van der Waals surface area contributed by atoms with Crippen LogP contribution in [0.3, 0.4) is 0 Å². The van der Waals surface area contributed by atoms with Gasteiger partial charge in [-0.2, -0.15) is 0 Å². The molecule has 2 aliphatic rings. The lowest BCUT2D eigenvalue weighted by atomic mass is 9.76. The van der Waals surface area contributed by atoms with E-state index in [9.17, 15) is 9.18 Å². The Hall–Kier alpha value is -1.13. The van der Waals surface area contributed by atoms with Crippen molar-refractivity contribution < 1.29 is 13.9 Å². The summed E-state index contributed by atoms with van der Waals surface area (Å²) in [6.45, 7) is 1.77. The van der Waals surface area contributed by atoms with Crippen LogP contribution in [0.1, 0.15) is 36.3 Å². The molecule has 122 valence electrons. The average molecular weight is 328 g/mol. The monoisotopic (exact) mass is 327 g/mol. The number of fused-ring (bicyclic) bond motifs is 2. The number of ether oxygens (including phenoxy) is 1. The zero-order chi connectivity index (χ0) is 15.1. The van der Waals surface area contributed by atoms with E-state index in [1.54, 1.807) is 6.92 Å². The molecule has 2 saturated heterocycles. The molecule has 0 amide bonds. The molecule has 2 heterocycles. The van der Waals surface area contributed by atoms with E-state index in [0.717, 1.165) is 24.8 Å². The standard InChI is InChI=1S/C17H22FNO2.ClH/c1-10-8-11(4-6-14(10)18)13-9-12-5-7-15(19(12)2)16(13)17(20)21-3;/h4,6,8,12-13,15-16H,5,7,9H2,1-3H3;1H/t12-,13-,15+,16-;/m0./s1. The summed E-state index contributed by atoms with van der Waals surface area (Å²) in [5.74, 6) is -0.350. The number of esters is 1. The van der Waals surface area contributed by atoms with Gasteiger partial charge in [0.05, 0.1) is 13.0 Å². The number of halogens is 2. The number of piperidine rings is 1. The summed E-state index contributed by atoms with van der Waals surface area (Å²) in [5, 5.41) is 0. The van der Waals surface area contributed by atoms with Crippen LogP contribution in [-0.2, 0) is 9.53 Å². The highest BCUT2D eigenvalue weighted by Crippen LogP contribution is 2.46. The van der Waals surface area contributed by atoms with Gasteiger partial charge in [-0.3, -0.25) is 9.69 Å². The lowest BCUT2D eigenvalue weighted by molar-refractivity contribution is -0.150. The van der Waals surface area contributed by atoms with Crippen molar-refractivity contribution in [2.75, 3.05) is 14.2 Å². The van der Waals surface area contributed by atoms with Crippen LogP contribution in [-0.4, -0.2) is 37.1 Å². The van der Waals surface area contributed by atoms with Crippen molar-refractivity contribution in [1.82, 2.24) is 4.90 Å². The Labute approximate surface area is 137 Å². The number of methoxy groups -OCH3 is 1. The summed E-state index contributed by atoms with van der Waals surface area (Å²) in [5.41, 5.74) is 1.71. The summed E-state index contributed by atoms with van der Waals surface area (Å²) in [6, 6.07) is 5.99. The molecular weight excluding hydrogens is 305 g/mol. The zero-order valence-electron chi connectivity index (χ0n) is 13.2. The minimum absolute atomic E-state index is 0. The van der Waals surface area contributed by atoms with Gasteiger partial charge in [-0.25, -0.2) is 4.39 Å². The Morgan fingerprint density at radius 1 is 1.36 bits per heavy atom. The van der Waals surface area contributed by atoms with Crippen LogP contribution in [0.5, 0.6) is 0 Å². The minimum atomic E-state index is -0.190. The predicted octanol–water partition coefficient (Wildman–Crippen LogP) is 3.30. The third-order valence-electron chi connectivity index (χ3n) is 5.35. The molecule has 0 aliphatic carbocycles. The van der Waals surface area contributed by atoms with Gasteiger partial charge in [0.1, 0.15) is 5.82 Å². The Morgan fingerprint density at radius 3 is 2.73 bits per heavy atom. The average Bonchev–Trinajstić information content (AvgIpc) is 2.72. The number of hydrogen-bond donors (Lipinski definition) is 0. The van der Waals surface area contributed by atoms with E-state index >= 15 is 0 Å². The lowest BCUT2D eigenvalue weighted by Gasteiger charge is -2.41. The lowest BCUT2D eigenvalue weighted by Crippen LogP contribution is -2.49. The first-order chi connectivity index (χ1) is 10.0. The number of nitrogens with zero attached hydrogens (tertiary/aromatic N) is 1. The van der Waals surface area contributed by atoms with E-state index in [0.29, 0.717) is 11.6 Å². The maximum atomic E-state index is 13.5. The smallest absolute Gasteiger partial charge is 0.310 e. The second-order valence-electron chi connectivity index (χ2n) is 6.36. The van der Waals surface area contributed by atoms with E-state index in [2.05, 4.69) is 11.9 Å². The van der Waals surface area contributed by atoms with Crippen molar-refractivity contribution in [1.29, 1.82) is 0 Å². The quantitative estimate of drug-likeness (QED) is 0.781. The summed E-state index contributed by atoms with van der Waals surface area (Å²) in [7, 11) is 3.56. The number of hydrogen-bond acceptors (Lipinski definition) is 3. The fraction of sp³-hybridized carbons (Fsp3) is 0.588. The molecule has 0 spiro atoms. The van der Waals surface area contributed by atoms with Crippen molar-refractivity contribution in [2.45, 2.75) is 44.2 Å². The van der Waals surface area contributed by atoms with Crippen LogP contribution in [0.25, 0.3) is 0 Å². The Morgan fingerprint density at radius 2 is 2.09 bits per heavy atom. The van der Waals surface area contributed by atoms with Crippen LogP contribution in [0, 0.1) is 18.7 Å². The topological polar surface area (TPSA) is 29.5 Å². The summed E-state index contributed by atoms with van der Waals surface area (Å²) in [4.78, 5) is 14.6. The molecule has 0 aromatic heterocycles. The van der Waals surface area contributed by atoms with Crippen LogP contribution in [0.4, 0.5) is 4.39 Å². The highest BCUT2D eigenvalue weighted by Gasteiger charge is 2.49. The molecule has 0 saturated carbocycles. The number of benzene rings is 1. The molecule has 2 aliphatic heterocycles.